The van der Waals surface area contributed by atoms with Crippen molar-refractivity contribution < 1.29 is 28.6 Å². The van der Waals surface area contributed by atoms with Crippen molar-refractivity contribution in [2.75, 3.05) is 32.8 Å². The van der Waals surface area contributed by atoms with E-state index in [0.717, 1.165) is 0 Å². The number of urea groups is 1. The third-order valence-electron chi connectivity index (χ3n) is 7.59. The molecule has 2 fully saturated rings. The van der Waals surface area contributed by atoms with E-state index in [2.05, 4.69) is 10.3 Å². The van der Waals surface area contributed by atoms with Crippen LogP contribution < -0.4 is 5.32 Å². The number of piperazine rings is 1. The number of esters is 1. The zero-order valence-corrected chi connectivity index (χ0v) is 25.2. The summed E-state index contributed by atoms with van der Waals surface area (Å²) in [5.41, 5.74) is 0.212. The maximum Gasteiger partial charge on any atom is 0.338 e. The van der Waals surface area contributed by atoms with Crippen LogP contribution in [0.3, 0.4) is 0 Å². The van der Waals surface area contributed by atoms with Gasteiger partial charge in [0, 0.05) is 54.6 Å². The molecule has 1 aromatic carbocycles. The highest BCUT2D eigenvalue weighted by atomic mass is 35.5. The van der Waals surface area contributed by atoms with E-state index in [1.165, 1.54) is 23.5 Å². The standard InChI is InChI=1S/C28H32ClFN6O5S/c1-5-41-26(39)19-17(13-34-10-11-35-18(22(34)25(37)38)14-36(27(35)40)28(2,3)4)32-23(24-31-9-12-42-24)33-21(19)15-7-6-8-16(30)20(15)29/h6-9,12,18,21-22H,5,10-11,13-14H2,1-4H3,(H,32,33)(H,37,38)/t18-,21-,22?/m0/s1. The van der Waals surface area contributed by atoms with Gasteiger partial charge in [-0.3, -0.25) is 14.7 Å². The van der Waals surface area contributed by atoms with Crippen LogP contribution in [0, 0.1) is 5.82 Å². The molecule has 0 bridgehead atoms. The summed E-state index contributed by atoms with van der Waals surface area (Å²) in [6.07, 6.45) is 1.61. The smallest absolute Gasteiger partial charge is 0.338 e. The molecule has 0 radical (unpaired) electrons. The first kappa shape index (κ1) is 29.9. The van der Waals surface area contributed by atoms with Crippen LogP contribution in [-0.4, -0.2) is 99.0 Å². The van der Waals surface area contributed by atoms with E-state index in [4.69, 9.17) is 21.3 Å². The van der Waals surface area contributed by atoms with Crippen molar-refractivity contribution in [3.63, 3.8) is 0 Å². The Balaban J connectivity index is 1.58. The predicted molar refractivity (Wildman–Crippen MR) is 155 cm³/mol. The second-order valence-electron chi connectivity index (χ2n) is 11.2. The van der Waals surface area contributed by atoms with E-state index in [1.54, 1.807) is 39.3 Å². The Labute approximate surface area is 251 Å². The predicted octanol–water partition coefficient (Wildman–Crippen LogP) is 3.52. The number of nitrogens with zero attached hydrogens (tertiary/aromatic N) is 5. The number of amides is 2. The molecule has 11 nitrogen and oxygen atoms in total. The minimum absolute atomic E-state index is 0.00695. The highest BCUT2D eigenvalue weighted by Gasteiger charge is 2.52. The quantitative estimate of drug-likeness (QED) is 0.451. The number of hydrogen-bond acceptors (Lipinski definition) is 9. The van der Waals surface area contributed by atoms with Gasteiger partial charge in [-0.15, -0.1) is 11.3 Å². The van der Waals surface area contributed by atoms with E-state index in [0.29, 0.717) is 23.1 Å². The minimum atomic E-state index is -1.08. The molecule has 1 unspecified atom stereocenters. The highest BCUT2D eigenvalue weighted by Crippen LogP contribution is 2.38. The number of carbonyl (C=O) groups is 3. The minimum Gasteiger partial charge on any atom is -0.480 e. The van der Waals surface area contributed by atoms with Gasteiger partial charge in [0.25, 0.3) is 0 Å². The molecule has 14 heteroatoms. The molecule has 2 amide bonds. The summed E-state index contributed by atoms with van der Waals surface area (Å²) in [6, 6.07) is 1.40. The fraction of sp³-hybridized carbons (Fsp3) is 0.464. The van der Waals surface area contributed by atoms with Crippen molar-refractivity contribution in [2.24, 2.45) is 4.99 Å². The van der Waals surface area contributed by atoms with Gasteiger partial charge in [0.1, 0.15) is 17.9 Å². The van der Waals surface area contributed by atoms with Gasteiger partial charge in [-0.25, -0.2) is 19.0 Å². The molecule has 3 aliphatic rings. The van der Waals surface area contributed by atoms with Gasteiger partial charge in [-0.05, 0) is 33.8 Å². The third-order valence-corrected chi connectivity index (χ3v) is 8.77. The second kappa shape index (κ2) is 11.6. The number of carbonyl (C=O) groups excluding carboxylic acids is 2. The van der Waals surface area contributed by atoms with Crippen LogP contribution in [0.15, 0.2) is 46.0 Å². The lowest BCUT2D eigenvalue weighted by Crippen LogP contribution is -2.62. The average Bonchev–Trinajstić information content (AvgIpc) is 3.58. The number of hydrogen-bond donors (Lipinski definition) is 2. The van der Waals surface area contributed by atoms with Crippen LogP contribution in [0.1, 0.15) is 44.3 Å². The molecular weight excluding hydrogens is 587 g/mol. The van der Waals surface area contributed by atoms with Crippen molar-refractivity contribution in [1.29, 1.82) is 0 Å². The lowest BCUT2D eigenvalue weighted by molar-refractivity contribution is -0.147. The Hall–Kier alpha value is -3.55. The zero-order chi connectivity index (χ0) is 30.3. The van der Waals surface area contributed by atoms with Crippen LogP contribution >= 0.6 is 22.9 Å². The molecule has 2 saturated heterocycles. The van der Waals surface area contributed by atoms with Gasteiger partial charge in [0.15, 0.2) is 10.8 Å². The lowest BCUT2D eigenvalue weighted by atomic mass is 9.94. The van der Waals surface area contributed by atoms with Gasteiger partial charge in [-0.2, -0.15) is 0 Å². The lowest BCUT2D eigenvalue weighted by Gasteiger charge is -2.42. The number of aliphatic imine (C=N–C) groups is 1. The number of carboxylic acid groups (broad SMARTS) is 1. The normalized spacial score (nSPS) is 23.0. The van der Waals surface area contributed by atoms with Crippen molar-refractivity contribution in [3.8, 4) is 0 Å². The monoisotopic (exact) mass is 618 g/mol. The maximum atomic E-state index is 14.6. The van der Waals surface area contributed by atoms with E-state index < -0.39 is 41.4 Å². The van der Waals surface area contributed by atoms with Crippen LogP contribution in [0.5, 0.6) is 0 Å². The van der Waals surface area contributed by atoms with Crippen LogP contribution in [-0.2, 0) is 14.3 Å². The SMILES string of the molecule is CCOC(=O)C1=C(CN2CCN3C(=O)N(C(C)(C)C)C[C@H]3C2C(=O)O)NC(c2nccs2)=N[C@H]1c1cccc(F)c1Cl. The van der Waals surface area contributed by atoms with E-state index in [-0.39, 0.29) is 48.4 Å². The van der Waals surface area contributed by atoms with E-state index >= 15 is 0 Å². The Morgan fingerprint density at radius 3 is 2.69 bits per heavy atom. The fourth-order valence-electron chi connectivity index (χ4n) is 5.65. The number of thiazole rings is 1. The Bertz CT molecular complexity index is 1460. The maximum absolute atomic E-state index is 14.6. The number of carboxylic acids is 1. The summed E-state index contributed by atoms with van der Waals surface area (Å²) in [5.74, 6) is -2.10. The fourth-order valence-corrected chi connectivity index (χ4v) is 6.47. The molecule has 2 aromatic rings. The molecule has 2 N–H and O–H groups in total. The summed E-state index contributed by atoms with van der Waals surface area (Å²) < 4.78 is 20.0. The van der Waals surface area contributed by atoms with Gasteiger partial charge >= 0.3 is 18.0 Å². The Kier molecular flexibility index (Phi) is 8.28. The summed E-state index contributed by atoms with van der Waals surface area (Å²) in [5, 5.41) is 15.7. The molecule has 4 heterocycles. The molecule has 0 spiro atoms. The Morgan fingerprint density at radius 1 is 1.29 bits per heavy atom. The summed E-state index contributed by atoms with van der Waals surface area (Å²) in [7, 11) is 0. The molecule has 1 aromatic heterocycles. The first-order valence-corrected chi connectivity index (χ1v) is 14.8. The zero-order valence-electron chi connectivity index (χ0n) is 23.6. The molecule has 3 atom stereocenters. The highest BCUT2D eigenvalue weighted by molar-refractivity contribution is 7.11. The van der Waals surface area contributed by atoms with Crippen LogP contribution in [0.25, 0.3) is 0 Å². The van der Waals surface area contributed by atoms with Crippen LogP contribution in [0.2, 0.25) is 5.02 Å². The van der Waals surface area contributed by atoms with Crippen molar-refractivity contribution in [3.05, 3.63) is 62.5 Å². The molecule has 5 rings (SSSR count). The number of benzene rings is 1. The number of rotatable bonds is 7. The van der Waals surface area contributed by atoms with E-state index in [9.17, 15) is 23.9 Å². The van der Waals surface area contributed by atoms with Gasteiger partial charge in [0.05, 0.1) is 23.2 Å². The van der Waals surface area contributed by atoms with Crippen molar-refractivity contribution in [1.82, 2.24) is 25.0 Å². The number of ether oxygens (including phenoxy) is 1. The number of aromatic nitrogens is 1. The largest absolute Gasteiger partial charge is 0.480 e. The molecule has 3 aliphatic heterocycles. The van der Waals surface area contributed by atoms with Gasteiger partial charge in [-0.1, -0.05) is 23.7 Å². The summed E-state index contributed by atoms with van der Waals surface area (Å²) in [6.45, 7) is 8.28. The second-order valence-corrected chi connectivity index (χ2v) is 12.4. The number of nitrogens with one attached hydrogen (secondary N) is 1. The molecule has 42 heavy (non-hydrogen) atoms. The topological polar surface area (TPSA) is 128 Å². The third kappa shape index (κ3) is 5.48. The molecule has 0 saturated carbocycles. The first-order valence-electron chi connectivity index (χ1n) is 13.6. The number of halogens is 2. The van der Waals surface area contributed by atoms with Crippen molar-refractivity contribution in [2.45, 2.75) is 51.4 Å². The Morgan fingerprint density at radius 2 is 2.05 bits per heavy atom. The average molecular weight is 619 g/mol. The molecular formula is C28H32ClFN6O5S. The van der Waals surface area contributed by atoms with Crippen molar-refractivity contribution >= 4 is 46.7 Å². The van der Waals surface area contributed by atoms with Crippen LogP contribution in [0.4, 0.5) is 9.18 Å². The van der Waals surface area contributed by atoms with E-state index in [1.807, 2.05) is 20.8 Å². The first-order chi connectivity index (χ1) is 19.9. The summed E-state index contributed by atoms with van der Waals surface area (Å²) >= 11 is 7.71. The van der Waals surface area contributed by atoms with Gasteiger partial charge in [0.2, 0.25) is 0 Å². The van der Waals surface area contributed by atoms with Gasteiger partial charge < -0.3 is 25.0 Å². The molecule has 0 aliphatic carbocycles. The summed E-state index contributed by atoms with van der Waals surface area (Å²) in [4.78, 5) is 53.5. The number of aliphatic carboxylic acids is 1. The molecule has 224 valence electrons. The number of fused-ring (bicyclic) bond motifs is 1. The number of amidine groups is 1.